The predicted molar refractivity (Wildman–Crippen MR) is 73.0 cm³/mol. The fraction of sp³-hybridized carbons (Fsp3) is 0.385. The first-order valence-corrected chi connectivity index (χ1v) is 6.20. The van der Waals surface area contributed by atoms with Gasteiger partial charge in [0, 0.05) is 30.9 Å². The van der Waals surface area contributed by atoms with E-state index in [0.717, 1.165) is 5.69 Å². The van der Waals surface area contributed by atoms with Crippen molar-refractivity contribution in [1.29, 1.82) is 0 Å². The molecular weight excluding hydrogens is 260 g/mol. The molecule has 0 fully saturated rings. The van der Waals surface area contributed by atoms with E-state index in [0.29, 0.717) is 36.9 Å². The second-order valence-electron chi connectivity index (χ2n) is 4.07. The van der Waals surface area contributed by atoms with E-state index in [9.17, 15) is 0 Å². The molecule has 1 aromatic heterocycles. The van der Waals surface area contributed by atoms with Crippen molar-refractivity contribution in [3.8, 4) is 17.2 Å². The highest BCUT2D eigenvalue weighted by Crippen LogP contribution is 2.27. The Hall–Kier alpha value is -2.28. The van der Waals surface area contributed by atoms with E-state index in [1.54, 1.807) is 43.3 Å². The maximum absolute atomic E-state index is 5.66. The summed E-state index contributed by atoms with van der Waals surface area (Å²) in [6, 6.07) is 5.39. The summed E-state index contributed by atoms with van der Waals surface area (Å²) in [6.07, 6.45) is 1.80. The molecule has 0 amide bonds. The van der Waals surface area contributed by atoms with Crippen LogP contribution in [0.2, 0.25) is 0 Å². The topological polar surface area (TPSA) is 84.4 Å². The van der Waals surface area contributed by atoms with Crippen LogP contribution in [0.4, 0.5) is 0 Å². The number of ether oxygens (including phenoxy) is 3. The summed E-state index contributed by atoms with van der Waals surface area (Å²) >= 11 is 0. The van der Waals surface area contributed by atoms with Crippen molar-refractivity contribution < 1.29 is 14.2 Å². The zero-order valence-electron chi connectivity index (χ0n) is 11.6. The fourth-order valence-corrected chi connectivity index (χ4v) is 1.66. The molecule has 0 saturated carbocycles. The van der Waals surface area contributed by atoms with Crippen LogP contribution in [0.3, 0.4) is 0 Å². The van der Waals surface area contributed by atoms with Crippen LogP contribution in [-0.2, 0) is 13.1 Å². The lowest BCUT2D eigenvalue weighted by Crippen LogP contribution is -2.09. The summed E-state index contributed by atoms with van der Waals surface area (Å²) in [6.45, 7) is 1.43. The van der Waals surface area contributed by atoms with Gasteiger partial charge in [-0.3, -0.25) is 0 Å². The van der Waals surface area contributed by atoms with Crippen molar-refractivity contribution in [2.75, 3.05) is 20.8 Å². The highest BCUT2D eigenvalue weighted by molar-refractivity contribution is 5.41. The third kappa shape index (κ3) is 3.61. The zero-order chi connectivity index (χ0) is 14.4. The molecule has 0 unspecified atom stereocenters. The molecule has 1 aromatic carbocycles. The average molecular weight is 278 g/mol. The number of nitrogens with zero attached hydrogens (tertiary/aromatic N) is 3. The number of benzene rings is 1. The number of hydrogen-bond donors (Lipinski definition) is 1. The van der Waals surface area contributed by atoms with E-state index >= 15 is 0 Å². The van der Waals surface area contributed by atoms with Gasteiger partial charge in [-0.1, -0.05) is 5.21 Å². The smallest absolute Gasteiger partial charge is 0.126 e. The first-order chi connectivity index (χ1) is 9.75. The molecule has 0 spiro atoms. The van der Waals surface area contributed by atoms with Crippen LogP contribution >= 0.6 is 0 Å². The largest absolute Gasteiger partial charge is 0.496 e. The lowest BCUT2D eigenvalue weighted by Gasteiger charge is -2.10. The molecule has 0 radical (unpaired) electrons. The molecule has 7 heteroatoms. The van der Waals surface area contributed by atoms with Crippen LogP contribution in [-0.4, -0.2) is 35.8 Å². The molecule has 7 nitrogen and oxygen atoms in total. The first-order valence-electron chi connectivity index (χ1n) is 6.20. The quantitative estimate of drug-likeness (QED) is 0.807. The normalized spacial score (nSPS) is 10.3. The van der Waals surface area contributed by atoms with Gasteiger partial charge in [-0.15, -0.1) is 5.10 Å². The van der Waals surface area contributed by atoms with E-state index in [1.807, 2.05) is 0 Å². The van der Waals surface area contributed by atoms with E-state index in [4.69, 9.17) is 19.9 Å². The van der Waals surface area contributed by atoms with Gasteiger partial charge in [0.15, 0.2) is 0 Å². The minimum Gasteiger partial charge on any atom is -0.496 e. The van der Waals surface area contributed by atoms with Crippen molar-refractivity contribution in [2.45, 2.75) is 13.1 Å². The van der Waals surface area contributed by atoms with Gasteiger partial charge in [0.25, 0.3) is 0 Å². The van der Waals surface area contributed by atoms with E-state index in [2.05, 4.69) is 10.3 Å². The summed E-state index contributed by atoms with van der Waals surface area (Å²) in [5.74, 6) is 2.05. The lowest BCUT2D eigenvalue weighted by atomic mass is 10.3. The molecule has 0 aliphatic heterocycles. The minimum atomic E-state index is 0.383. The summed E-state index contributed by atoms with van der Waals surface area (Å²) in [5, 5.41) is 7.85. The second-order valence-corrected chi connectivity index (χ2v) is 4.07. The van der Waals surface area contributed by atoms with Gasteiger partial charge in [0.1, 0.15) is 23.9 Å². The summed E-state index contributed by atoms with van der Waals surface area (Å²) < 4.78 is 17.7. The van der Waals surface area contributed by atoms with Crippen LogP contribution < -0.4 is 19.9 Å². The number of aromatic nitrogens is 3. The molecule has 20 heavy (non-hydrogen) atoms. The third-order valence-corrected chi connectivity index (χ3v) is 2.71. The minimum absolute atomic E-state index is 0.383. The van der Waals surface area contributed by atoms with Crippen molar-refractivity contribution in [1.82, 2.24) is 15.0 Å². The Labute approximate surface area is 117 Å². The van der Waals surface area contributed by atoms with E-state index < -0.39 is 0 Å². The lowest BCUT2D eigenvalue weighted by molar-refractivity contribution is 0.285. The van der Waals surface area contributed by atoms with Crippen LogP contribution in [0.5, 0.6) is 17.2 Å². The molecule has 2 rings (SSSR count). The molecule has 108 valence electrons. The molecule has 1 heterocycles. The van der Waals surface area contributed by atoms with Gasteiger partial charge < -0.3 is 19.9 Å². The molecule has 2 N–H and O–H groups in total. The van der Waals surface area contributed by atoms with Gasteiger partial charge >= 0.3 is 0 Å². The van der Waals surface area contributed by atoms with Crippen LogP contribution in [0.1, 0.15) is 5.69 Å². The molecule has 0 saturated heterocycles. The molecule has 0 aliphatic rings. The highest BCUT2D eigenvalue weighted by Gasteiger charge is 2.03. The van der Waals surface area contributed by atoms with Gasteiger partial charge in [-0.05, 0) is 0 Å². The Bertz CT molecular complexity index is 534. The van der Waals surface area contributed by atoms with Crippen molar-refractivity contribution >= 4 is 0 Å². The summed E-state index contributed by atoms with van der Waals surface area (Å²) in [7, 11) is 3.20. The van der Waals surface area contributed by atoms with Crippen molar-refractivity contribution in [3.05, 3.63) is 30.1 Å². The van der Waals surface area contributed by atoms with Crippen LogP contribution in [0.15, 0.2) is 24.4 Å². The maximum atomic E-state index is 5.66. The number of rotatable bonds is 7. The Balaban J connectivity index is 1.93. The van der Waals surface area contributed by atoms with E-state index in [-0.39, 0.29) is 0 Å². The Morgan fingerprint density at radius 2 is 1.75 bits per heavy atom. The Morgan fingerprint density at radius 3 is 2.30 bits per heavy atom. The zero-order valence-corrected chi connectivity index (χ0v) is 11.6. The van der Waals surface area contributed by atoms with Crippen LogP contribution in [0, 0.1) is 0 Å². The fourth-order valence-electron chi connectivity index (χ4n) is 1.66. The van der Waals surface area contributed by atoms with E-state index in [1.165, 1.54) is 0 Å². The summed E-state index contributed by atoms with van der Waals surface area (Å²) in [5.41, 5.74) is 6.23. The number of methoxy groups -OCH3 is 2. The molecule has 0 bridgehead atoms. The third-order valence-electron chi connectivity index (χ3n) is 2.71. The van der Waals surface area contributed by atoms with Crippen molar-refractivity contribution in [3.63, 3.8) is 0 Å². The monoisotopic (exact) mass is 278 g/mol. The predicted octanol–water partition coefficient (Wildman–Crippen LogP) is 0.833. The second kappa shape index (κ2) is 6.76. The van der Waals surface area contributed by atoms with Crippen LogP contribution in [0.25, 0.3) is 0 Å². The molecular formula is C13H18N4O3. The van der Waals surface area contributed by atoms with Gasteiger partial charge in [0.05, 0.1) is 26.5 Å². The number of hydrogen-bond acceptors (Lipinski definition) is 6. The summed E-state index contributed by atoms with van der Waals surface area (Å²) in [4.78, 5) is 0. The Morgan fingerprint density at radius 1 is 1.10 bits per heavy atom. The van der Waals surface area contributed by atoms with Gasteiger partial charge in [-0.25, -0.2) is 4.68 Å². The maximum Gasteiger partial charge on any atom is 0.126 e. The SMILES string of the molecule is COc1cc(OC)cc(OCCn2cc(CN)nn2)c1. The van der Waals surface area contributed by atoms with Crippen molar-refractivity contribution in [2.24, 2.45) is 5.73 Å². The average Bonchev–Trinajstić information content (AvgIpc) is 2.94. The highest BCUT2D eigenvalue weighted by atomic mass is 16.5. The first kappa shape index (κ1) is 14.1. The molecule has 2 aromatic rings. The van der Waals surface area contributed by atoms with Gasteiger partial charge in [0.2, 0.25) is 0 Å². The Kier molecular flexibility index (Phi) is 4.78. The standard InChI is InChI=1S/C13H18N4O3/c1-18-11-5-12(19-2)7-13(6-11)20-4-3-17-9-10(8-14)15-16-17/h5-7,9H,3-4,8,14H2,1-2H3. The van der Waals surface area contributed by atoms with Gasteiger partial charge in [-0.2, -0.15) is 0 Å². The number of nitrogens with two attached hydrogens (primary N) is 1. The molecule has 0 aliphatic carbocycles. The molecule has 0 atom stereocenters.